The predicted octanol–water partition coefficient (Wildman–Crippen LogP) is 2.43. The van der Waals surface area contributed by atoms with Crippen molar-refractivity contribution in [2.45, 2.75) is 20.8 Å². The number of hydrogen-bond donors (Lipinski definition) is 2. The Kier molecular flexibility index (Phi) is 6.73. The molecule has 0 spiro atoms. The van der Waals surface area contributed by atoms with Crippen molar-refractivity contribution >= 4 is 24.0 Å². The Balaban J connectivity index is 0.00000289. The number of amides is 1. The second kappa shape index (κ2) is 7.24. The van der Waals surface area contributed by atoms with Crippen LogP contribution < -0.4 is 15.8 Å². The van der Waals surface area contributed by atoms with Crippen molar-refractivity contribution in [2.75, 3.05) is 18.5 Å². The van der Waals surface area contributed by atoms with Crippen molar-refractivity contribution in [2.24, 2.45) is 11.1 Å². The Hall–Kier alpha value is -1.26. The van der Waals surface area contributed by atoms with Crippen molar-refractivity contribution in [3.8, 4) is 5.75 Å². The summed E-state index contributed by atoms with van der Waals surface area (Å²) in [6.07, 6.45) is 0. The molecule has 0 radical (unpaired) electrons. The van der Waals surface area contributed by atoms with Gasteiger partial charge in [0.15, 0.2) is 0 Å². The summed E-state index contributed by atoms with van der Waals surface area (Å²) in [7, 11) is 0. The third-order valence-corrected chi connectivity index (χ3v) is 2.18. The molecular formula is C13H21ClN2O2. The SMILES string of the molecule is CC(C)(C)C(=O)Nc1ccc(OCCN)cc1.Cl. The van der Waals surface area contributed by atoms with Crippen LogP contribution in [0.25, 0.3) is 0 Å². The molecule has 5 heteroatoms. The molecule has 0 fully saturated rings. The van der Waals surface area contributed by atoms with Gasteiger partial charge in [0, 0.05) is 17.6 Å². The number of rotatable bonds is 4. The molecule has 102 valence electrons. The van der Waals surface area contributed by atoms with E-state index >= 15 is 0 Å². The number of hydrogen-bond acceptors (Lipinski definition) is 3. The highest BCUT2D eigenvalue weighted by molar-refractivity contribution is 5.94. The maximum Gasteiger partial charge on any atom is 0.229 e. The lowest BCUT2D eigenvalue weighted by Crippen LogP contribution is -2.27. The van der Waals surface area contributed by atoms with Crippen LogP contribution in [0.3, 0.4) is 0 Å². The Labute approximate surface area is 114 Å². The number of anilines is 1. The number of halogens is 1. The number of nitrogens with one attached hydrogen (secondary N) is 1. The molecule has 0 heterocycles. The maximum absolute atomic E-state index is 11.7. The second-order valence-electron chi connectivity index (χ2n) is 4.87. The first-order chi connectivity index (χ1) is 7.93. The summed E-state index contributed by atoms with van der Waals surface area (Å²) in [5.74, 6) is 0.748. The van der Waals surface area contributed by atoms with Gasteiger partial charge in [0.25, 0.3) is 0 Å². The Morgan fingerprint density at radius 3 is 2.28 bits per heavy atom. The van der Waals surface area contributed by atoms with Crippen LogP contribution in [0.5, 0.6) is 5.75 Å². The molecule has 1 rings (SSSR count). The topological polar surface area (TPSA) is 64.3 Å². The fraction of sp³-hybridized carbons (Fsp3) is 0.462. The molecule has 0 aliphatic heterocycles. The van der Waals surface area contributed by atoms with E-state index in [2.05, 4.69) is 5.32 Å². The zero-order valence-corrected chi connectivity index (χ0v) is 11.8. The summed E-state index contributed by atoms with van der Waals surface area (Å²) >= 11 is 0. The van der Waals surface area contributed by atoms with E-state index in [9.17, 15) is 4.79 Å². The van der Waals surface area contributed by atoms with Gasteiger partial charge in [-0.1, -0.05) is 20.8 Å². The molecule has 0 aliphatic rings. The van der Waals surface area contributed by atoms with E-state index in [-0.39, 0.29) is 18.3 Å². The minimum atomic E-state index is -0.394. The Morgan fingerprint density at radius 2 is 1.83 bits per heavy atom. The van der Waals surface area contributed by atoms with Gasteiger partial charge in [0.05, 0.1) is 0 Å². The molecular weight excluding hydrogens is 252 g/mol. The fourth-order valence-electron chi connectivity index (χ4n) is 1.13. The van der Waals surface area contributed by atoms with E-state index in [1.54, 1.807) is 0 Å². The van der Waals surface area contributed by atoms with Crippen LogP contribution in [0.2, 0.25) is 0 Å². The second-order valence-corrected chi connectivity index (χ2v) is 4.87. The lowest BCUT2D eigenvalue weighted by atomic mass is 9.95. The highest BCUT2D eigenvalue weighted by atomic mass is 35.5. The largest absolute Gasteiger partial charge is 0.492 e. The molecule has 0 aliphatic carbocycles. The van der Waals surface area contributed by atoms with Gasteiger partial charge in [-0.05, 0) is 24.3 Å². The molecule has 18 heavy (non-hydrogen) atoms. The van der Waals surface area contributed by atoms with E-state index in [1.165, 1.54) is 0 Å². The van der Waals surface area contributed by atoms with Gasteiger partial charge in [-0.15, -0.1) is 12.4 Å². The van der Waals surface area contributed by atoms with Crippen molar-refractivity contribution in [3.63, 3.8) is 0 Å². The molecule has 1 aromatic carbocycles. The first-order valence-corrected chi connectivity index (χ1v) is 5.68. The first kappa shape index (κ1) is 16.7. The van der Waals surface area contributed by atoms with Crippen molar-refractivity contribution < 1.29 is 9.53 Å². The quantitative estimate of drug-likeness (QED) is 0.885. The molecule has 0 unspecified atom stereocenters. The zero-order valence-electron chi connectivity index (χ0n) is 11.0. The van der Waals surface area contributed by atoms with Crippen molar-refractivity contribution in [1.82, 2.24) is 0 Å². The lowest BCUT2D eigenvalue weighted by molar-refractivity contribution is -0.123. The number of benzene rings is 1. The molecule has 0 bridgehead atoms. The molecule has 0 atom stereocenters. The third kappa shape index (κ3) is 5.38. The van der Waals surface area contributed by atoms with Gasteiger partial charge in [-0.25, -0.2) is 0 Å². The standard InChI is InChI=1S/C13H20N2O2.ClH/c1-13(2,3)12(16)15-10-4-6-11(7-5-10)17-9-8-14;/h4-7H,8-9,14H2,1-3H3,(H,15,16);1H. The maximum atomic E-state index is 11.7. The minimum Gasteiger partial charge on any atom is -0.492 e. The molecule has 0 saturated carbocycles. The van der Waals surface area contributed by atoms with Gasteiger partial charge in [0.2, 0.25) is 5.91 Å². The van der Waals surface area contributed by atoms with Crippen LogP contribution in [0.4, 0.5) is 5.69 Å². The van der Waals surface area contributed by atoms with Crippen LogP contribution in [0.1, 0.15) is 20.8 Å². The van der Waals surface area contributed by atoms with Gasteiger partial charge in [-0.3, -0.25) is 4.79 Å². The fourth-order valence-corrected chi connectivity index (χ4v) is 1.13. The van der Waals surface area contributed by atoms with Gasteiger partial charge in [-0.2, -0.15) is 0 Å². The monoisotopic (exact) mass is 272 g/mol. The van der Waals surface area contributed by atoms with E-state index in [0.717, 1.165) is 11.4 Å². The highest BCUT2D eigenvalue weighted by Gasteiger charge is 2.20. The lowest BCUT2D eigenvalue weighted by Gasteiger charge is -2.17. The van der Waals surface area contributed by atoms with E-state index in [4.69, 9.17) is 10.5 Å². The normalized spacial score (nSPS) is 10.4. The number of nitrogens with two attached hydrogens (primary N) is 1. The van der Waals surface area contributed by atoms with Crippen molar-refractivity contribution in [3.05, 3.63) is 24.3 Å². The Morgan fingerprint density at radius 1 is 1.28 bits per heavy atom. The minimum absolute atomic E-state index is 0. The summed E-state index contributed by atoms with van der Waals surface area (Å²) in [5.41, 5.74) is 5.71. The number of carbonyl (C=O) groups excluding carboxylic acids is 1. The summed E-state index contributed by atoms with van der Waals surface area (Å²) < 4.78 is 5.34. The zero-order chi connectivity index (χ0) is 12.9. The molecule has 1 aromatic rings. The average molecular weight is 273 g/mol. The summed E-state index contributed by atoms with van der Waals surface area (Å²) in [5, 5.41) is 2.85. The van der Waals surface area contributed by atoms with Crippen LogP contribution in [-0.2, 0) is 4.79 Å². The molecule has 0 aromatic heterocycles. The highest BCUT2D eigenvalue weighted by Crippen LogP contribution is 2.19. The smallest absolute Gasteiger partial charge is 0.229 e. The average Bonchev–Trinajstić information content (AvgIpc) is 2.27. The van der Waals surface area contributed by atoms with Crippen LogP contribution in [0, 0.1) is 5.41 Å². The number of ether oxygens (including phenoxy) is 1. The van der Waals surface area contributed by atoms with E-state index < -0.39 is 5.41 Å². The third-order valence-electron chi connectivity index (χ3n) is 2.18. The molecule has 1 amide bonds. The van der Waals surface area contributed by atoms with E-state index in [1.807, 2.05) is 45.0 Å². The number of carbonyl (C=O) groups is 1. The Bertz CT molecular complexity index is 372. The van der Waals surface area contributed by atoms with Gasteiger partial charge >= 0.3 is 0 Å². The van der Waals surface area contributed by atoms with Crippen LogP contribution in [-0.4, -0.2) is 19.1 Å². The van der Waals surface area contributed by atoms with Crippen molar-refractivity contribution in [1.29, 1.82) is 0 Å². The molecule has 3 N–H and O–H groups in total. The summed E-state index contributed by atoms with van der Waals surface area (Å²) in [4.78, 5) is 11.7. The molecule has 0 saturated heterocycles. The van der Waals surface area contributed by atoms with Crippen LogP contribution >= 0.6 is 12.4 Å². The van der Waals surface area contributed by atoms with E-state index in [0.29, 0.717) is 13.2 Å². The molecule has 4 nitrogen and oxygen atoms in total. The van der Waals surface area contributed by atoms with Gasteiger partial charge in [0.1, 0.15) is 12.4 Å². The van der Waals surface area contributed by atoms with Gasteiger partial charge < -0.3 is 15.8 Å². The van der Waals surface area contributed by atoms with Crippen LogP contribution in [0.15, 0.2) is 24.3 Å². The predicted molar refractivity (Wildman–Crippen MR) is 76.3 cm³/mol. The summed E-state index contributed by atoms with van der Waals surface area (Å²) in [6.45, 7) is 6.61. The first-order valence-electron chi connectivity index (χ1n) is 5.68. The summed E-state index contributed by atoms with van der Waals surface area (Å²) in [6, 6.07) is 7.26.